The van der Waals surface area contributed by atoms with E-state index in [-0.39, 0.29) is 23.3 Å². The summed E-state index contributed by atoms with van der Waals surface area (Å²) in [7, 11) is 0. The first-order chi connectivity index (χ1) is 11.5. The minimum atomic E-state index is -4.31. The third-order valence-corrected chi connectivity index (χ3v) is 5.06. The van der Waals surface area contributed by atoms with E-state index in [9.17, 15) is 13.2 Å². The Bertz CT molecular complexity index is 832. The molecule has 0 amide bonds. The lowest BCUT2D eigenvalue weighted by atomic mass is 10.0. The fraction of sp³-hybridized carbons (Fsp3) is 0.235. The Morgan fingerprint density at radius 2 is 2.00 bits per heavy atom. The van der Waals surface area contributed by atoms with Crippen molar-refractivity contribution in [2.24, 2.45) is 0 Å². The van der Waals surface area contributed by atoms with Crippen molar-refractivity contribution >= 4 is 34.0 Å². The Morgan fingerprint density at radius 3 is 2.67 bits per heavy atom. The average molecular weight is 369 g/mol. The van der Waals surface area contributed by atoms with E-state index in [0.29, 0.717) is 23.7 Å². The van der Waals surface area contributed by atoms with Crippen LogP contribution in [0.15, 0.2) is 46.7 Å². The molecule has 2 nitrogen and oxygen atoms in total. The summed E-state index contributed by atoms with van der Waals surface area (Å²) in [5.74, 6) is 0. The molecule has 0 fully saturated rings. The highest BCUT2D eigenvalue weighted by Gasteiger charge is 2.29. The summed E-state index contributed by atoms with van der Waals surface area (Å²) in [6, 6.07) is 10.4. The van der Waals surface area contributed by atoms with Gasteiger partial charge in [-0.3, -0.25) is 0 Å². The maximum Gasteiger partial charge on any atom is 0.446 e. The summed E-state index contributed by atoms with van der Waals surface area (Å²) in [5.41, 5.74) is -1.87. The van der Waals surface area contributed by atoms with Gasteiger partial charge < -0.3 is 5.11 Å². The largest absolute Gasteiger partial charge is 0.446 e. The highest BCUT2D eigenvalue weighted by Crippen LogP contribution is 2.38. The highest BCUT2D eigenvalue weighted by molar-refractivity contribution is 8.00. The molecule has 7 heteroatoms. The lowest BCUT2D eigenvalue weighted by Crippen LogP contribution is -1.99. The number of thioether (sulfide) groups is 1. The van der Waals surface area contributed by atoms with E-state index < -0.39 is 5.51 Å². The summed E-state index contributed by atoms with van der Waals surface area (Å²) >= 11 is 1.44. The second-order valence-electron chi connectivity index (χ2n) is 5.20. The smallest absolute Gasteiger partial charge is 0.396 e. The predicted molar refractivity (Wildman–Crippen MR) is 92.4 cm³/mol. The van der Waals surface area contributed by atoms with E-state index in [2.05, 4.69) is 4.98 Å². The summed E-state index contributed by atoms with van der Waals surface area (Å²) in [5, 5.41) is 11.7. The number of thiophene rings is 1. The third kappa shape index (κ3) is 4.09. The number of nitrogens with zero attached hydrogens (tertiary/aromatic N) is 1. The SMILES string of the molecule is OCCCc1cc2cc(SC(F)(F)F)ccc2nc1-c1cccs1. The monoisotopic (exact) mass is 369 g/mol. The van der Waals surface area contributed by atoms with Gasteiger partial charge in [0.15, 0.2) is 0 Å². The van der Waals surface area contributed by atoms with Crippen molar-refractivity contribution in [2.45, 2.75) is 23.2 Å². The Hall–Kier alpha value is -1.57. The van der Waals surface area contributed by atoms with Crippen molar-refractivity contribution in [3.63, 3.8) is 0 Å². The second-order valence-corrected chi connectivity index (χ2v) is 7.29. The van der Waals surface area contributed by atoms with Crippen LogP contribution in [0.5, 0.6) is 0 Å². The van der Waals surface area contributed by atoms with E-state index in [4.69, 9.17) is 5.11 Å². The summed E-state index contributed by atoms with van der Waals surface area (Å²) in [6.07, 6.45) is 1.21. The van der Waals surface area contributed by atoms with Crippen molar-refractivity contribution in [3.05, 3.63) is 47.3 Å². The quantitative estimate of drug-likeness (QED) is 0.603. The number of pyridine rings is 1. The number of benzene rings is 1. The number of rotatable bonds is 5. The van der Waals surface area contributed by atoms with E-state index in [1.54, 1.807) is 17.4 Å². The van der Waals surface area contributed by atoms with Crippen LogP contribution in [0.25, 0.3) is 21.5 Å². The summed E-state index contributed by atoms with van der Waals surface area (Å²) in [6.45, 7) is 0.0614. The molecule has 126 valence electrons. The predicted octanol–water partition coefficient (Wildman–Crippen LogP) is 5.50. The van der Waals surface area contributed by atoms with Crippen molar-refractivity contribution < 1.29 is 18.3 Å². The molecule has 2 aromatic heterocycles. The Morgan fingerprint density at radius 1 is 1.17 bits per heavy atom. The van der Waals surface area contributed by atoms with Crippen LogP contribution < -0.4 is 0 Å². The lowest BCUT2D eigenvalue weighted by Gasteiger charge is -2.11. The zero-order valence-electron chi connectivity index (χ0n) is 12.5. The molecule has 0 unspecified atom stereocenters. The maximum absolute atomic E-state index is 12.6. The zero-order valence-corrected chi connectivity index (χ0v) is 14.1. The first kappa shape index (κ1) is 17.3. The minimum absolute atomic E-state index is 0.0614. The van der Waals surface area contributed by atoms with Crippen LogP contribution in [-0.4, -0.2) is 22.2 Å². The van der Waals surface area contributed by atoms with Gasteiger partial charge in [0.05, 0.1) is 16.1 Å². The second kappa shape index (κ2) is 7.13. The molecular weight excluding hydrogens is 355 g/mol. The molecule has 0 radical (unpaired) electrons. The molecule has 0 aliphatic rings. The van der Waals surface area contributed by atoms with Crippen molar-refractivity contribution in [3.8, 4) is 10.6 Å². The van der Waals surface area contributed by atoms with Crippen LogP contribution in [0, 0.1) is 0 Å². The molecule has 1 aromatic carbocycles. The minimum Gasteiger partial charge on any atom is -0.396 e. The van der Waals surface area contributed by atoms with Crippen LogP contribution in [0.2, 0.25) is 0 Å². The molecule has 0 saturated carbocycles. The van der Waals surface area contributed by atoms with Gasteiger partial charge in [0.1, 0.15) is 0 Å². The molecule has 2 heterocycles. The molecule has 0 atom stereocenters. The number of halogens is 3. The average Bonchev–Trinajstić information content (AvgIpc) is 3.04. The summed E-state index contributed by atoms with van der Waals surface area (Å²) < 4.78 is 37.7. The highest BCUT2D eigenvalue weighted by atomic mass is 32.2. The van der Waals surface area contributed by atoms with Crippen LogP contribution in [0.1, 0.15) is 12.0 Å². The summed E-state index contributed by atoms with van der Waals surface area (Å²) in [4.78, 5) is 5.81. The molecule has 1 N–H and O–H groups in total. The van der Waals surface area contributed by atoms with Crippen molar-refractivity contribution in [1.82, 2.24) is 4.98 Å². The molecule has 3 aromatic rings. The van der Waals surface area contributed by atoms with Gasteiger partial charge in [-0.05, 0) is 65.9 Å². The standard InChI is InChI=1S/C17H14F3NOS2/c18-17(19,20)24-13-5-6-14-12(10-13)9-11(3-1-7-22)16(21-14)15-4-2-8-23-15/h2,4-6,8-10,22H,1,3,7H2. The number of fused-ring (bicyclic) bond motifs is 1. The van der Waals surface area contributed by atoms with Gasteiger partial charge in [0.25, 0.3) is 0 Å². The molecule has 3 rings (SSSR count). The molecule has 0 aliphatic carbocycles. The maximum atomic E-state index is 12.6. The topological polar surface area (TPSA) is 33.1 Å². The fourth-order valence-electron chi connectivity index (χ4n) is 2.48. The molecule has 24 heavy (non-hydrogen) atoms. The van der Waals surface area contributed by atoms with Gasteiger partial charge in [-0.15, -0.1) is 11.3 Å². The van der Waals surface area contributed by atoms with Gasteiger partial charge in [0, 0.05) is 16.9 Å². The zero-order chi connectivity index (χ0) is 17.2. The number of hydrogen-bond acceptors (Lipinski definition) is 4. The first-order valence-corrected chi connectivity index (χ1v) is 9.00. The Kier molecular flexibility index (Phi) is 5.12. The van der Waals surface area contributed by atoms with Crippen LogP contribution >= 0.6 is 23.1 Å². The number of aliphatic hydroxyl groups is 1. The van der Waals surface area contributed by atoms with E-state index in [1.165, 1.54) is 12.1 Å². The number of hydrogen-bond donors (Lipinski definition) is 1. The van der Waals surface area contributed by atoms with E-state index in [1.807, 2.05) is 23.6 Å². The number of aryl methyl sites for hydroxylation is 1. The molecule has 0 bridgehead atoms. The fourth-order valence-corrected chi connectivity index (χ4v) is 3.82. The lowest BCUT2D eigenvalue weighted by molar-refractivity contribution is -0.0328. The van der Waals surface area contributed by atoms with Gasteiger partial charge in [-0.1, -0.05) is 6.07 Å². The van der Waals surface area contributed by atoms with Gasteiger partial charge in [-0.25, -0.2) is 4.98 Å². The van der Waals surface area contributed by atoms with Crippen molar-refractivity contribution in [1.29, 1.82) is 0 Å². The van der Waals surface area contributed by atoms with Crippen LogP contribution in [0.4, 0.5) is 13.2 Å². The Balaban J connectivity index is 2.07. The first-order valence-electron chi connectivity index (χ1n) is 7.30. The van der Waals surface area contributed by atoms with Crippen molar-refractivity contribution in [2.75, 3.05) is 6.61 Å². The number of alkyl halides is 3. The number of aliphatic hydroxyl groups excluding tert-OH is 1. The Labute approximate surface area is 145 Å². The molecule has 0 spiro atoms. The molecule has 0 saturated heterocycles. The number of aromatic nitrogens is 1. The van der Waals surface area contributed by atoms with Crippen LogP contribution in [0.3, 0.4) is 0 Å². The van der Waals surface area contributed by atoms with Gasteiger partial charge >= 0.3 is 5.51 Å². The van der Waals surface area contributed by atoms with Crippen LogP contribution in [-0.2, 0) is 6.42 Å². The van der Waals surface area contributed by atoms with Gasteiger partial charge in [-0.2, -0.15) is 13.2 Å². The third-order valence-electron chi connectivity index (χ3n) is 3.46. The molecular formula is C17H14F3NOS2. The van der Waals surface area contributed by atoms with Gasteiger partial charge in [0.2, 0.25) is 0 Å². The van der Waals surface area contributed by atoms with E-state index in [0.717, 1.165) is 16.1 Å². The van der Waals surface area contributed by atoms with E-state index >= 15 is 0 Å². The molecule has 0 aliphatic heterocycles. The normalized spacial score (nSPS) is 12.0.